The molecule has 0 aromatic heterocycles. The summed E-state index contributed by atoms with van der Waals surface area (Å²) in [6.07, 6.45) is 4.13. The van der Waals surface area contributed by atoms with E-state index in [2.05, 4.69) is 5.32 Å². The molecule has 1 amide bonds. The zero-order valence-corrected chi connectivity index (χ0v) is 16.1. The van der Waals surface area contributed by atoms with Crippen molar-refractivity contribution < 1.29 is 34.1 Å². The van der Waals surface area contributed by atoms with Crippen LogP contribution in [0.25, 0.3) is 0 Å². The fraction of sp³-hybridized carbons (Fsp3) is 0.737. The van der Waals surface area contributed by atoms with Gasteiger partial charge in [0.25, 0.3) is 0 Å². The topological polar surface area (TPSA) is 148 Å². The highest BCUT2D eigenvalue weighted by Gasteiger charge is 2.73. The number of fused-ring (bicyclic) bond motifs is 1. The molecule has 2 fully saturated rings. The number of carboxylic acids is 1. The molecule has 28 heavy (non-hydrogen) atoms. The van der Waals surface area contributed by atoms with Crippen LogP contribution in [-0.4, -0.2) is 64.1 Å². The van der Waals surface area contributed by atoms with Gasteiger partial charge in [0.2, 0.25) is 5.91 Å². The summed E-state index contributed by atoms with van der Waals surface area (Å²) in [4.78, 5) is 37.1. The smallest absolute Gasteiger partial charge is 0.338 e. The van der Waals surface area contributed by atoms with E-state index in [0.717, 1.165) is 12.8 Å². The number of esters is 1. The monoisotopic (exact) mass is 396 g/mol. The Bertz CT molecular complexity index is 696. The van der Waals surface area contributed by atoms with Crippen molar-refractivity contribution in [1.82, 2.24) is 5.32 Å². The van der Waals surface area contributed by atoms with Gasteiger partial charge in [0.1, 0.15) is 17.7 Å². The number of aliphatic carboxylic acids is 1. The summed E-state index contributed by atoms with van der Waals surface area (Å²) >= 11 is 0. The van der Waals surface area contributed by atoms with E-state index in [9.17, 15) is 19.5 Å². The zero-order chi connectivity index (χ0) is 20.7. The number of amides is 1. The number of ether oxygens (including phenoxy) is 2. The van der Waals surface area contributed by atoms with E-state index < -0.39 is 47.2 Å². The van der Waals surface area contributed by atoms with Crippen LogP contribution in [0.15, 0.2) is 12.2 Å². The number of hydrogen-bond acceptors (Lipinski definition) is 7. The Morgan fingerprint density at radius 2 is 2.14 bits per heavy atom. The third-order valence-corrected chi connectivity index (χ3v) is 6.44. The first-order chi connectivity index (χ1) is 13.1. The molecule has 156 valence electrons. The lowest BCUT2D eigenvalue weighted by molar-refractivity contribution is -0.183. The van der Waals surface area contributed by atoms with Crippen molar-refractivity contribution in [3.63, 3.8) is 0 Å². The van der Waals surface area contributed by atoms with E-state index in [-0.39, 0.29) is 18.4 Å². The van der Waals surface area contributed by atoms with Crippen LogP contribution >= 0.6 is 0 Å². The molecule has 9 nitrogen and oxygen atoms in total. The van der Waals surface area contributed by atoms with Crippen LogP contribution in [0.1, 0.15) is 39.5 Å². The van der Waals surface area contributed by atoms with Crippen LogP contribution < -0.4 is 11.1 Å². The number of carbonyl (C=O) groups excluding carboxylic acids is 2. The molecule has 0 aromatic rings. The summed E-state index contributed by atoms with van der Waals surface area (Å²) in [7, 11) is 0. The lowest BCUT2D eigenvalue weighted by Crippen LogP contribution is -2.71. The molecule has 0 radical (unpaired) electrons. The van der Waals surface area contributed by atoms with Crippen molar-refractivity contribution in [3.8, 4) is 0 Å². The van der Waals surface area contributed by atoms with Gasteiger partial charge in [0.05, 0.1) is 12.0 Å². The van der Waals surface area contributed by atoms with Gasteiger partial charge in [0.15, 0.2) is 5.54 Å². The molecule has 2 heterocycles. The molecule has 0 bridgehead atoms. The molecular formula is C19H28N2O7. The maximum absolute atomic E-state index is 13.3. The maximum Gasteiger partial charge on any atom is 0.338 e. The van der Waals surface area contributed by atoms with E-state index in [4.69, 9.17) is 20.3 Å². The Morgan fingerprint density at radius 3 is 2.75 bits per heavy atom. The molecule has 7 atom stereocenters. The van der Waals surface area contributed by atoms with Gasteiger partial charge < -0.3 is 30.7 Å². The fourth-order valence-electron chi connectivity index (χ4n) is 4.64. The number of nitrogens with one attached hydrogen (secondary N) is 1. The van der Waals surface area contributed by atoms with Crippen LogP contribution in [0.5, 0.6) is 0 Å². The van der Waals surface area contributed by atoms with Crippen molar-refractivity contribution in [2.24, 2.45) is 17.6 Å². The Kier molecular flexibility index (Phi) is 5.53. The van der Waals surface area contributed by atoms with Gasteiger partial charge in [0, 0.05) is 12.5 Å². The minimum Gasteiger partial charge on any atom is -0.480 e. The number of allylic oxidation sites excluding steroid dienone is 1. The highest BCUT2D eigenvalue weighted by Crippen LogP contribution is 2.49. The van der Waals surface area contributed by atoms with Gasteiger partial charge in [-0.15, -0.1) is 0 Å². The van der Waals surface area contributed by atoms with Gasteiger partial charge >= 0.3 is 11.9 Å². The van der Waals surface area contributed by atoms with Crippen LogP contribution in [-0.2, 0) is 23.9 Å². The molecule has 2 saturated heterocycles. The molecule has 0 saturated carbocycles. The first kappa shape index (κ1) is 20.8. The molecule has 2 aliphatic heterocycles. The van der Waals surface area contributed by atoms with E-state index in [1.165, 1.54) is 6.92 Å². The molecule has 5 N–H and O–H groups in total. The summed E-state index contributed by atoms with van der Waals surface area (Å²) in [5, 5.41) is 23.0. The van der Waals surface area contributed by atoms with Gasteiger partial charge in [-0.3, -0.25) is 9.59 Å². The van der Waals surface area contributed by atoms with Gasteiger partial charge in [-0.2, -0.15) is 0 Å². The predicted molar refractivity (Wildman–Crippen MR) is 97.0 cm³/mol. The molecule has 0 aromatic carbocycles. The fourth-order valence-corrected chi connectivity index (χ4v) is 4.64. The van der Waals surface area contributed by atoms with Gasteiger partial charge in [-0.25, -0.2) is 4.79 Å². The van der Waals surface area contributed by atoms with Gasteiger partial charge in [-0.05, 0) is 39.5 Å². The molecule has 3 aliphatic rings. The summed E-state index contributed by atoms with van der Waals surface area (Å²) in [5.41, 5.74) is 2.42. The third-order valence-electron chi connectivity index (χ3n) is 6.44. The van der Waals surface area contributed by atoms with Crippen molar-refractivity contribution in [3.05, 3.63) is 12.2 Å². The SMILES string of the molecule is C[C@@H](OC(=O)[C@]1([C@@H](O)[C@@H]2C=CCCC2)NC(=O)[C@@H]2CCO[C@@]21C)[C@H](N)C(=O)O. The van der Waals surface area contributed by atoms with Crippen LogP contribution in [0.3, 0.4) is 0 Å². The van der Waals surface area contributed by atoms with E-state index >= 15 is 0 Å². The van der Waals surface area contributed by atoms with Crippen LogP contribution in [0, 0.1) is 11.8 Å². The molecule has 9 heteroatoms. The second kappa shape index (κ2) is 7.46. The van der Waals surface area contributed by atoms with E-state index in [0.29, 0.717) is 12.8 Å². The number of hydrogen-bond donors (Lipinski definition) is 4. The van der Waals surface area contributed by atoms with Crippen molar-refractivity contribution in [1.29, 1.82) is 0 Å². The first-order valence-corrected chi connectivity index (χ1v) is 9.65. The van der Waals surface area contributed by atoms with Crippen molar-refractivity contribution >= 4 is 17.8 Å². The van der Waals surface area contributed by atoms with E-state index in [1.54, 1.807) is 6.92 Å². The predicted octanol–water partition coefficient (Wildman–Crippen LogP) is -0.289. The quantitative estimate of drug-likeness (QED) is 0.354. The van der Waals surface area contributed by atoms with Crippen LogP contribution in [0.2, 0.25) is 0 Å². The number of carboxylic acid groups (broad SMARTS) is 1. The summed E-state index contributed by atoms with van der Waals surface area (Å²) in [6, 6.07) is -1.43. The standard InChI is InChI=1S/C19H28N2O7/c1-10(13(20)16(24)25)28-17(26)19(14(22)11-6-4-3-5-7-11)18(2)12(8-9-27-18)15(23)21-19/h4,6,10-14,22H,3,5,7-9,20H2,1-2H3,(H,21,23)(H,24,25)/t10-,11-,12+,13+,14+,18+,19+/m1/s1. The maximum atomic E-state index is 13.3. The minimum atomic E-state index is -1.84. The number of aliphatic hydroxyl groups excluding tert-OH is 1. The number of rotatable bonds is 6. The number of nitrogens with two attached hydrogens (primary N) is 1. The Labute approximate surface area is 163 Å². The van der Waals surface area contributed by atoms with E-state index in [1.807, 2.05) is 12.2 Å². The Hall–Kier alpha value is -1.97. The lowest BCUT2D eigenvalue weighted by Gasteiger charge is -2.45. The summed E-state index contributed by atoms with van der Waals surface area (Å²) in [6.45, 7) is 3.27. The number of carbonyl (C=O) groups is 3. The molecule has 0 spiro atoms. The molecule has 1 aliphatic carbocycles. The second-order valence-corrected chi connectivity index (χ2v) is 8.04. The average molecular weight is 396 g/mol. The zero-order valence-electron chi connectivity index (χ0n) is 16.1. The largest absolute Gasteiger partial charge is 0.480 e. The number of aliphatic hydroxyl groups is 1. The summed E-state index contributed by atoms with van der Waals surface area (Å²) < 4.78 is 11.2. The average Bonchev–Trinajstić information content (AvgIpc) is 3.16. The normalized spacial score (nSPS) is 37.6. The van der Waals surface area contributed by atoms with Crippen molar-refractivity contribution in [2.45, 2.75) is 68.9 Å². The van der Waals surface area contributed by atoms with Gasteiger partial charge in [-0.1, -0.05) is 12.2 Å². The highest BCUT2D eigenvalue weighted by atomic mass is 16.6. The summed E-state index contributed by atoms with van der Waals surface area (Å²) in [5.74, 6) is -3.60. The molecule has 0 unspecified atom stereocenters. The molecular weight excluding hydrogens is 368 g/mol. The van der Waals surface area contributed by atoms with Crippen LogP contribution in [0.4, 0.5) is 0 Å². The highest BCUT2D eigenvalue weighted by molar-refractivity contribution is 5.97. The second-order valence-electron chi connectivity index (χ2n) is 8.04. The minimum absolute atomic E-state index is 0.279. The Balaban J connectivity index is 1.99. The lowest BCUT2D eigenvalue weighted by atomic mass is 9.69. The Morgan fingerprint density at radius 1 is 1.43 bits per heavy atom. The van der Waals surface area contributed by atoms with Crippen molar-refractivity contribution in [2.75, 3.05) is 6.61 Å². The first-order valence-electron chi connectivity index (χ1n) is 9.65. The molecule has 3 rings (SSSR count). The third kappa shape index (κ3) is 3.01.